The molecule has 0 radical (unpaired) electrons. The number of methoxy groups -OCH3 is 1. The van der Waals surface area contributed by atoms with Crippen LogP contribution in [0.1, 0.15) is 25.3 Å². The molecular weight excluding hydrogens is 250 g/mol. The smallest absolute Gasteiger partial charge is 0.227 e. The van der Waals surface area contributed by atoms with Crippen molar-refractivity contribution in [2.45, 2.75) is 19.8 Å². The maximum Gasteiger partial charge on any atom is 0.227 e. The van der Waals surface area contributed by atoms with Gasteiger partial charge in [-0.3, -0.25) is 0 Å². The van der Waals surface area contributed by atoms with Crippen LogP contribution in [0.3, 0.4) is 0 Å². The minimum atomic E-state index is 0.487. The summed E-state index contributed by atoms with van der Waals surface area (Å²) in [4.78, 5) is 4.57. The Bertz CT molecular complexity index is 726. The molecule has 20 heavy (non-hydrogen) atoms. The fourth-order valence-electron chi connectivity index (χ4n) is 2.16. The first-order valence-corrected chi connectivity index (χ1v) is 6.72. The average Bonchev–Trinajstić information content (AvgIpc) is 2.90. The lowest BCUT2D eigenvalue weighted by molar-refractivity contribution is 0.415. The molecule has 0 amide bonds. The van der Waals surface area contributed by atoms with E-state index in [1.807, 2.05) is 30.3 Å². The zero-order valence-electron chi connectivity index (χ0n) is 11.9. The molecule has 3 aromatic rings. The Morgan fingerprint density at radius 1 is 1.05 bits per heavy atom. The fraction of sp³-hybridized carbons (Fsp3) is 0.235. The van der Waals surface area contributed by atoms with Crippen molar-refractivity contribution >= 4 is 11.1 Å². The zero-order chi connectivity index (χ0) is 14.1. The van der Waals surface area contributed by atoms with E-state index in [1.54, 1.807) is 7.11 Å². The van der Waals surface area contributed by atoms with Crippen LogP contribution >= 0.6 is 0 Å². The number of aromatic nitrogens is 1. The van der Waals surface area contributed by atoms with Crippen LogP contribution in [0, 0.1) is 0 Å². The third-order valence-electron chi connectivity index (χ3n) is 3.42. The van der Waals surface area contributed by atoms with E-state index in [0.717, 1.165) is 22.4 Å². The van der Waals surface area contributed by atoms with E-state index >= 15 is 0 Å². The molecular formula is C17H17NO2. The summed E-state index contributed by atoms with van der Waals surface area (Å²) in [6.07, 6.45) is 0. The van der Waals surface area contributed by atoms with Crippen LogP contribution in [0.15, 0.2) is 46.9 Å². The molecule has 0 saturated carbocycles. The monoisotopic (exact) mass is 267 g/mol. The number of oxazole rings is 1. The maximum absolute atomic E-state index is 5.81. The van der Waals surface area contributed by atoms with Gasteiger partial charge in [0.15, 0.2) is 5.58 Å². The zero-order valence-corrected chi connectivity index (χ0v) is 11.9. The van der Waals surface area contributed by atoms with Gasteiger partial charge in [-0.25, -0.2) is 4.98 Å². The van der Waals surface area contributed by atoms with E-state index in [-0.39, 0.29) is 0 Å². The second-order valence-electron chi connectivity index (χ2n) is 5.13. The van der Waals surface area contributed by atoms with E-state index in [0.29, 0.717) is 11.8 Å². The lowest BCUT2D eigenvalue weighted by Crippen LogP contribution is -1.85. The maximum atomic E-state index is 5.81. The summed E-state index contributed by atoms with van der Waals surface area (Å²) in [5, 5.41) is 0. The molecule has 0 aliphatic heterocycles. The predicted octanol–water partition coefficient (Wildman–Crippen LogP) is 4.63. The van der Waals surface area contributed by atoms with Crippen molar-refractivity contribution in [3.63, 3.8) is 0 Å². The highest BCUT2D eigenvalue weighted by Crippen LogP contribution is 2.27. The van der Waals surface area contributed by atoms with Crippen LogP contribution in [-0.2, 0) is 0 Å². The Morgan fingerprint density at radius 3 is 2.45 bits per heavy atom. The minimum Gasteiger partial charge on any atom is -0.497 e. The van der Waals surface area contributed by atoms with Crippen LogP contribution in [-0.4, -0.2) is 12.1 Å². The summed E-state index contributed by atoms with van der Waals surface area (Å²) in [5.74, 6) is 1.95. The van der Waals surface area contributed by atoms with Gasteiger partial charge in [-0.15, -0.1) is 0 Å². The van der Waals surface area contributed by atoms with Gasteiger partial charge in [-0.05, 0) is 47.9 Å². The summed E-state index contributed by atoms with van der Waals surface area (Å²) >= 11 is 0. The normalized spacial score (nSPS) is 11.2. The molecule has 2 aromatic carbocycles. The SMILES string of the molecule is COc1ccc(-c2nc3cc(C(C)C)ccc3o2)cc1. The standard InChI is InChI=1S/C17H17NO2/c1-11(2)13-6-9-16-15(10-13)18-17(20-16)12-4-7-14(19-3)8-5-12/h4-11H,1-3H3. The number of ether oxygens (including phenoxy) is 1. The van der Waals surface area contributed by atoms with Crippen molar-refractivity contribution in [2.75, 3.05) is 7.11 Å². The summed E-state index contributed by atoms with van der Waals surface area (Å²) in [5.41, 5.74) is 3.95. The van der Waals surface area contributed by atoms with Crippen LogP contribution in [0.4, 0.5) is 0 Å². The third-order valence-corrected chi connectivity index (χ3v) is 3.42. The number of rotatable bonds is 3. The van der Waals surface area contributed by atoms with E-state index in [1.165, 1.54) is 5.56 Å². The molecule has 0 unspecified atom stereocenters. The van der Waals surface area contributed by atoms with Crippen molar-refractivity contribution in [3.05, 3.63) is 48.0 Å². The van der Waals surface area contributed by atoms with E-state index < -0.39 is 0 Å². The van der Waals surface area contributed by atoms with E-state index in [9.17, 15) is 0 Å². The van der Waals surface area contributed by atoms with Gasteiger partial charge in [0.2, 0.25) is 5.89 Å². The number of fused-ring (bicyclic) bond motifs is 1. The molecule has 102 valence electrons. The Hall–Kier alpha value is -2.29. The fourth-order valence-corrected chi connectivity index (χ4v) is 2.16. The lowest BCUT2D eigenvalue weighted by Gasteiger charge is -2.02. The Balaban J connectivity index is 2.03. The highest BCUT2D eigenvalue weighted by Gasteiger charge is 2.10. The summed E-state index contributed by atoms with van der Waals surface area (Å²) in [6.45, 7) is 4.34. The predicted molar refractivity (Wildman–Crippen MR) is 80.1 cm³/mol. The molecule has 0 fully saturated rings. The first kappa shape index (κ1) is 12.7. The molecule has 0 spiro atoms. The third kappa shape index (κ3) is 2.27. The van der Waals surface area contributed by atoms with Crippen molar-refractivity contribution in [3.8, 4) is 17.2 Å². The molecule has 1 aromatic heterocycles. The highest BCUT2D eigenvalue weighted by molar-refractivity contribution is 5.77. The number of benzene rings is 2. The molecule has 3 heteroatoms. The van der Waals surface area contributed by atoms with Crippen LogP contribution in [0.2, 0.25) is 0 Å². The van der Waals surface area contributed by atoms with Crippen LogP contribution in [0.25, 0.3) is 22.6 Å². The quantitative estimate of drug-likeness (QED) is 0.694. The Kier molecular flexibility index (Phi) is 3.18. The van der Waals surface area contributed by atoms with Crippen molar-refractivity contribution < 1.29 is 9.15 Å². The van der Waals surface area contributed by atoms with Gasteiger partial charge < -0.3 is 9.15 Å². The largest absolute Gasteiger partial charge is 0.497 e. The first-order valence-electron chi connectivity index (χ1n) is 6.72. The summed E-state index contributed by atoms with van der Waals surface area (Å²) in [6, 6.07) is 13.9. The molecule has 1 heterocycles. The van der Waals surface area contributed by atoms with Gasteiger partial charge in [0, 0.05) is 5.56 Å². The van der Waals surface area contributed by atoms with Gasteiger partial charge in [-0.2, -0.15) is 0 Å². The molecule has 3 nitrogen and oxygen atoms in total. The van der Waals surface area contributed by atoms with Crippen molar-refractivity contribution in [2.24, 2.45) is 0 Å². The van der Waals surface area contributed by atoms with Gasteiger partial charge in [0.25, 0.3) is 0 Å². The highest BCUT2D eigenvalue weighted by atomic mass is 16.5. The molecule has 0 aliphatic rings. The second-order valence-corrected chi connectivity index (χ2v) is 5.13. The Labute approximate surface area is 118 Å². The summed E-state index contributed by atoms with van der Waals surface area (Å²) in [7, 11) is 1.65. The number of nitrogens with zero attached hydrogens (tertiary/aromatic N) is 1. The summed E-state index contributed by atoms with van der Waals surface area (Å²) < 4.78 is 11.0. The Morgan fingerprint density at radius 2 is 1.80 bits per heavy atom. The number of hydrogen-bond donors (Lipinski definition) is 0. The molecule has 0 bridgehead atoms. The van der Waals surface area contributed by atoms with Gasteiger partial charge in [-0.1, -0.05) is 19.9 Å². The average molecular weight is 267 g/mol. The van der Waals surface area contributed by atoms with Crippen molar-refractivity contribution in [1.29, 1.82) is 0 Å². The molecule has 0 saturated heterocycles. The molecule has 0 atom stereocenters. The first-order chi connectivity index (χ1) is 9.67. The van der Waals surface area contributed by atoms with E-state index in [4.69, 9.17) is 9.15 Å². The van der Waals surface area contributed by atoms with Gasteiger partial charge in [0.05, 0.1) is 7.11 Å². The second kappa shape index (κ2) is 5.00. The van der Waals surface area contributed by atoms with Crippen LogP contribution < -0.4 is 4.74 Å². The minimum absolute atomic E-state index is 0.487. The molecule has 0 N–H and O–H groups in total. The lowest BCUT2D eigenvalue weighted by atomic mass is 10.0. The van der Waals surface area contributed by atoms with Crippen molar-refractivity contribution in [1.82, 2.24) is 4.98 Å². The van der Waals surface area contributed by atoms with Gasteiger partial charge in [0.1, 0.15) is 11.3 Å². The topological polar surface area (TPSA) is 35.3 Å². The number of hydrogen-bond acceptors (Lipinski definition) is 3. The van der Waals surface area contributed by atoms with Gasteiger partial charge >= 0.3 is 0 Å². The van der Waals surface area contributed by atoms with E-state index in [2.05, 4.69) is 31.0 Å². The molecule has 0 aliphatic carbocycles. The van der Waals surface area contributed by atoms with Crippen LogP contribution in [0.5, 0.6) is 5.75 Å². The molecule has 3 rings (SSSR count).